The number of thiophene rings is 1. The van der Waals surface area contributed by atoms with Crippen LogP contribution in [0.3, 0.4) is 0 Å². The van der Waals surface area contributed by atoms with E-state index in [0.29, 0.717) is 51.7 Å². The molecule has 0 aliphatic rings. The lowest BCUT2D eigenvalue weighted by atomic mass is 9.99. The Bertz CT molecular complexity index is 1340. The SMILES string of the molecule is Cc1nnc(CNCc2cccc(Nc3sc(-c4ccc(C(C)CO)cc4F)cc3C(N)=O)n2)o1. The van der Waals surface area contributed by atoms with Crippen LogP contribution in [0.4, 0.5) is 15.2 Å². The Morgan fingerprint density at radius 3 is 2.74 bits per heavy atom. The van der Waals surface area contributed by atoms with Crippen molar-refractivity contribution in [1.29, 1.82) is 0 Å². The molecule has 1 atom stereocenters. The third-order valence-electron chi connectivity index (χ3n) is 5.30. The van der Waals surface area contributed by atoms with Gasteiger partial charge in [-0.05, 0) is 29.8 Å². The van der Waals surface area contributed by atoms with Crippen LogP contribution in [0, 0.1) is 12.7 Å². The molecule has 4 aromatic rings. The minimum atomic E-state index is -0.631. The van der Waals surface area contributed by atoms with Crippen molar-refractivity contribution in [3.8, 4) is 10.4 Å². The first-order valence-electron chi connectivity index (χ1n) is 10.9. The third-order valence-corrected chi connectivity index (χ3v) is 6.38. The van der Waals surface area contributed by atoms with E-state index in [1.807, 2.05) is 19.1 Å². The number of carbonyl (C=O) groups is 1. The van der Waals surface area contributed by atoms with Gasteiger partial charge in [-0.15, -0.1) is 21.5 Å². The van der Waals surface area contributed by atoms with Gasteiger partial charge in [0.05, 0.1) is 17.8 Å². The maximum absolute atomic E-state index is 14.9. The molecule has 1 aromatic carbocycles. The molecule has 4 rings (SSSR count). The van der Waals surface area contributed by atoms with Crippen LogP contribution in [0.5, 0.6) is 0 Å². The summed E-state index contributed by atoms with van der Waals surface area (Å²) < 4.78 is 20.2. The summed E-state index contributed by atoms with van der Waals surface area (Å²) in [6.07, 6.45) is 0. The Hall–Kier alpha value is -3.67. The first-order chi connectivity index (χ1) is 16.8. The molecular formula is C24H25FN6O3S. The molecule has 5 N–H and O–H groups in total. The monoisotopic (exact) mass is 496 g/mol. The number of amides is 1. The molecule has 0 bridgehead atoms. The predicted molar refractivity (Wildman–Crippen MR) is 131 cm³/mol. The normalized spacial score (nSPS) is 12.0. The van der Waals surface area contributed by atoms with Crippen molar-refractivity contribution in [2.24, 2.45) is 5.73 Å². The van der Waals surface area contributed by atoms with Gasteiger partial charge in [-0.25, -0.2) is 9.37 Å². The highest BCUT2D eigenvalue weighted by Crippen LogP contribution is 2.38. The van der Waals surface area contributed by atoms with Gasteiger partial charge in [0.15, 0.2) is 0 Å². The van der Waals surface area contributed by atoms with Gasteiger partial charge < -0.3 is 25.9 Å². The van der Waals surface area contributed by atoms with Crippen LogP contribution in [-0.2, 0) is 13.1 Å². The van der Waals surface area contributed by atoms with E-state index in [0.717, 1.165) is 5.69 Å². The summed E-state index contributed by atoms with van der Waals surface area (Å²) in [6.45, 7) is 4.33. The van der Waals surface area contributed by atoms with Crippen LogP contribution in [0.2, 0.25) is 0 Å². The van der Waals surface area contributed by atoms with Gasteiger partial charge in [0, 0.05) is 36.4 Å². The maximum atomic E-state index is 14.9. The van der Waals surface area contributed by atoms with Gasteiger partial charge in [0.25, 0.3) is 5.91 Å². The van der Waals surface area contributed by atoms with Crippen LogP contribution < -0.4 is 16.4 Å². The second-order valence-corrected chi connectivity index (χ2v) is 9.05. The van der Waals surface area contributed by atoms with Gasteiger partial charge >= 0.3 is 0 Å². The fraction of sp³-hybridized carbons (Fsp3) is 0.250. The molecule has 0 saturated carbocycles. The average Bonchev–Trinajstić information content (AvgIpc) is 3.44. The molecule has 9 nitrogen and oxygen atoms in total. The highest BCUT2D eigenvalue weighted by atomic mass is 32.1. The molecule has 182 valence electrons. The number of halogens is 1. The highest BCUT2D eigenvalue weighted by Gasteiger charge is 2.18. The molecule has 3 aromatic heterocycles. The number of aromatic nitrogens is 3. The van der Waals surface area contributed by atoms with E-state index in [2.05, 4.69) is 25.8 Å². The molecular weight excluding hydrogens is 471 g/mol. The molecule has 3 heterocycles. The topological polar surface area (TPSA) is 139 Å². The van der Waals surface area contributed by atoms with Crippen molar-refractivity contribution in [3.05, 3.63) is 76.9 Å². The molecule has 0 aliphatic heterocycles. The summed E-state index contributed by atoms with van der Waals surface area (Å²) in [6, 6.07) is 11.8. The zero-order valence-corrected chi connectivity index (χ0v) is 20.0. The van der Waals surface area contributed by atoms with E-state index >= 15 is 0 Å². The standard InChI is InChI=1S/C24H25FN6O3S/c1-13(12-32)15-6-7-17(19(25)8-15)20-9-18(23(26)33)24(35-20)29-21-5-3-4-16(28-21)10-27-11-22-31-30-14(2)34-22/h3-9,13,27,32H,10-12H2,1-2H3,(H2,26,33)(H,28,29). The second kappa shape index (κ2) is 10.7. The number of nitrogens with zero attached hydrogens (tertiary/aromatic N) is 3. The largest absolute Gasteiger partial charge is 0.424 e. The zero-order chi connectivity index (χ0) is 24.9. The molecule has 1 unspecified atom stereocenters. The average molecular weight is 497 g/mol. The fourth-order valence-corrected chi connectivity index (χ4v) is 4.51. The molecule has 0 fully saturated rings. The zero-order valence-electron chi connectivity index (χ0n) is 19.2. The molecule has 0 saturated heterocycles. The van der Waals surface area contributed by atoms with Crippen LogP contribution in [0.15, 0.2) is 46.9 Å². The van der Waals surface area contributed by atoms with Gasteiger partial charge in [-0.1, -0.05) is 25.1 Å². The number of benzene rings is 1. The number of aryl methyl sites for hydroxylation is 1. The number of pyridine rings is 1. The second-order valence-electron chi connectivity index (χ2n) is 8.00. The fourth-order valence-electron chi connectivity index (χ4n) is 3.41. The van der Waals surface area contributed by atoms with E-state index in [1.165, 1.54) is 17.4 Å². The minimum absolute atomic E-state index is 0.0735. The van der Waals surface area contributed by atoms with Crippen molar-refractivity contribution in [3.63, 3.8) is 0 Å². The highest BCUT2D eigenvalue weighted by molar-refractivity contribution is 7.19. The smallest absolute Gasteiger partial charge is 0.251 e. The molecule has 1 amide bonds. The number of aliphatic hydroxyl groups is 1. The number of carbonyl (C=O) groups excluding carboxylic acids is 1. The minimum Gasteiger partial charge on any atom is -0.424 e. The van der Waals surface area contributed by atoms with Crippen LogP contribution in [0.25, 0.3) is 10.4 Å². The predicted octanol–water partition coefficient (Wildman–Crippen LogP) is 3.87. The number of hydrogen-bond acceptors (Lipinski definition) is 9. The number of primary amides is 1. The summed E-state index contributed by atoms with van der Waals surface area (Å²) in [5, 5.41) is 23.8. The number of nitrogens with one attached hydrogen (secondary N) is 2. The van der Waals surface area contributed by atoms with E-state index in [1.54, 1.807) is 31.2 Å². The Morgan fingerprint density at radius 1 is 1.23 bits per heavy atom. The van der Waals surface area contributed by atoms with Gasteiger partial charge in [-0.3, -0.25) is 4.79 Å². The number of rotatable bonds is 10. The first kappa shape index (κ1) is 24.5. The van der Waals surface area contributed by atoms with E-state index in [4.69, 9.17) is 10.2 Å². The van der Waals surface area contributed by atoms with Crippen molar-refractivity contribution in [2.75, 3.05) is 11.9 Å². The number of anilines is 2. The van der Waals surface area contributed by atoms with E-state index < -0.39 is 11.7 Å². The molecule has 0 spiro atoms. The van der Waals surface area contributed by atoms with E-state index in [9.17, 15) is 14.3 Å². The van der Waals surface area contributed by atoms with Crippen LogP contribution in [-0.4, -0.2) is 32.8 Å². The Kier molecular flexibility index (Phi) is 7.49. The van der Waals surface area contributed by atoms with Crippen molar-refractivity contribution in [1.82, 2.24) is 20.5 Å². The lowest BCUT2D eigenvalue weighted by Crippen LogP contribution is -2.14. The lowest BCUT2D eigenvalue weighted by molar-refractivity contribution is 0.100. The van der Waals surface area contributed by atoms with E-state index in [-0.39, 0.29) is 18.1 Å². The summed E-state index contributed by atoms with van der Waals surface area (Å²) in [5.74, 6) is 0.260. The summed E-state index contributed by atoms with van der Waals surface area (Å²) in [7, 11) is 0. The van der Waals surface area contributed by atoms with Crippen molar-refractivity contribution in [2.45, 2.75) is 32.9 Å². The van der Waals surface area contributed by atoms with Gasteiger partial charge in [0.2, 0.25) is 11.8 Å². The Labute approximate surface area is 205 Å². The maximum Gasteiger partial charge on any atom is 0.251 e. The van der Waals surface area contributed by atoms with Gasteiger partial charge in [0.1, 0.15) is 16.6 Å². The molecule has 11 heteroatoms. The van der Waals surface area contributed by atoms with Crippen molar-refractivity contribution >= 4 is 28.1 Å². The molecule has 0 radical (unpaired) electrons. The molecule has 0 aliphatic carbocycles. The molecule has 35 heavy (non-hydrogen) atoms. The summed E-state index contributed by atoms with van der Waals surface area (Å²) in [5.41, 5.74) is 7.63. The van der Waals surface area contributed by atoms with Gasteiger partial charge in [-0.2, -0.15) is 0 Å². The van der Waals surface area contributed by atoms with Crippen molar-refractivity contribution < 1.29 is 18.7 Å². The first-order valence-corrected chi connectivity index (χ1v) is 11.7. The van der Waals surface area contributed by atoms with Crippen LogP contribution in [0.1, 0.15) is 46.2 Å². The Balaban J connectivity index is 1.51. The van der Waals surface area contributed by atoms with Crippen LogP contribution >= 0.6 is 11.3 Å². The number of aliphatic hydroxyl groups excluding tert-OH is 1. The number of nitrogens with two attached hydrogens (primary N) is 1. The quantitative estimate of drug-likeness (QED) is 0.259. The number of hydrogen-bond donors (Lipinski definition) is 4. The summed E-state index contributed by atoms with van der Waals surface area (Å²) >= 11 is 1.21. The Morgan fingerprint density at radius 2 is 2.06 bits per heavy atom. The third kappa shape index (κ3) is 5.88. The lowest BCUT2D eigenvalue weighted by Gasteiger charge is -2.10. The summed E-state index contributed by atoms with van der Waals surface area (Å²) in [4.78, 5) is 17.2.